The maximum absolute atomic E-state index is 6.43. The quantitative estimate of drug-likeness (QED) is 0.446. The van der Waals surface area contributed by atoms with E-state index in [1.807, 2.05) is 0 Å². The Bertz CT molecular complexity index is 430. The predicted molar refractivity (Wildman–Crippen MR) is 121 cm³/mol. The fraction of sp³-hybridized carbons (Fsp3) is 0.727. The standard InChI is InChI=1S/C22H42O2Si2/c1-7-15-21(5,16-8-2)23-25-19-11-13-20(14-12-19)26-24-22(6,17-9-3)18-10-4/h11-14H,7-10,15-18,25-26H2,1-6H3. The van der Waals surface area contributed by atoms with Crippen LogP contribution < -0.4 is 10.4 Å². The third-order valence-corrected chi connectivity index (χ3v) is 8.60. The molecule has 0 N–H and O–H groups in total. The summed E-state index contributed by atoms with van der Waals surface area (Å²) in [6, 6.07) is 9.14. The molecule has 0 saturated carbocycles. The first-order chi connectivity index (χ1) is 12.4. The van der Waals surface area contributed by atoms with Gasteiger partial charge in [0, 0.05) is 0 Å². The lowest BCUT2D eigenvalue weighted by Crippen LogP contribution is -2.36. The third kappa shape index (κ3) is 8.51. The molecule has 0 aromatic heterocycles. The molecule has 0 unspecified atom stereocenters. The average molecular weight is 395 g/mol. The normalized spacial score (nSPS) is 13.5. The van der Waals surface area contributed by atoms with Gasteiger partial charge in [-0.2, -0.15) is 0 Å². The maximum atomic E-state index is 6.43. The Labute approximate surface area is 167 Å². The average Bonchev–Trinajstić information content (AvgIpc) is 2.60. The topological polar surface area (TPSA) is 18.5 Å². The highest BCUT2D eigenvalue weighted by atomic mass is 28.2. The van der Waals surface area contributed by atoms with Gasteiger partial charge in [-0.15, -0.1) is 0 Å². The summed E-state index contributed by atoms with van der Waals surface area (Å²) in [7, 11) is -1.31. The molecule has 1 rings (SSSR count). The van der Waals surface area contributed by atoms with E-state index in [-0.39, 0.29) is 11.2 Å². The minimum absolute atomic E-state index is 0.0778. The van der Waals surface area contributed by atoms with Crippen molar-refractivity contribution in [3.8, 4) is 0 Å². The van der Waals surface area contributed by atoms with Crippen molar-refractivity contribution in [2.45, 2.75) is 104 Å². The third-order valence-electron chi connectivity index (χ3n) is 5.31. The van der Waals surface area contributed by atoms with Gasteiger partial charge in [-0.25, -0.2) is 0 Å². The van der Waals surface area contributed by atoms with E-state index in [1.165, 1.54) is 61.7 Å². The Hall–Kier alpha value is -0.426. The van der Waals surface area contributed by atoms with Crippen LogP contribution >= 0.6 is 0 Å². The van der Waals surface area contributed by atoms with Crippen LogP contribution in [-0.4, -0.2) is 30.7 Å². The summed E-state index contributed by atoms with van der Waals surface area (Å²) in [6.07, 6.45) is 9.45. The first-order valence-corrected chi connectivity index (χ1v) is 13.3. The fourth-order valence-electron chi connectivity index (χ4n) is 3.90. The van der Waals surface area contributed by atoms with E-state index in [4.69, 9.17) is 8.85 Å². The smallest absolute Gasteiger partial charge is 0.193 e. The summed E-state index contributed by atoms with van der Waals surface area (Å²) in [6.45, 7) is 13.6. The van der Waals surface area contributed by atoms with Crippen LogP contribution in [0.1, 0.15) is 92.9 Å². The molecule has 0 aliphatic rings. The maximum Gasteiger partial charge on any atom is 0.193 e. The number of hydrogen-bond acceptors (Lipinski definition) is 2. The van der Waals surface area contributed by atoms with Crippen LogP contribution in [0.2, 0.25) is 0 Å². The lowest BCUT2D eigenvalue weighted by molar-refractivity contribution is 0.0747. The molecule has 0 fully saturated rings. The first-order valence-electron chi connectivity index (χ1n) is 10.8. The Morgan fingerprint density at radius 2 is 0.885 bits per heavy atom. The number of hydrogen-bond donors (Lipinski definition) is 0. The SMILES string of the molecule is CCCC(C)(CCC)O[SiH2]c1ccc([SiH2]OC(C)(CCC)CCC)cc1. The Morgan fingerprint density at radius 3 is 1.12 bits per heavy atom. The van der Waals surface area contributed by atoms with Gasteiger partial charge in [0.25, 0.3) is 0 Å². The van der Waals surface area contributed by atoms with Gasteiger partial charge in [0.1, 0.15) is 0 Å². The van der Waals surface area contributed by atoms with Crippen molar-refractivity contribution in [1.29, 1.82) is 0 Å². The van der Waals surface area contributed by atoms with Gasteiger partial charge in [-0.3, -0.25) is 0 Å². The van der Waals surface area contributed by atoms with Crippen molar-refractivity contribution in [2.75, 3.05) is 0 Å². The summed E-state index contributed by atoms with van der Waals surface area (Å²) < 4.78 is 12.9. The lowest BCUT2D eigenvalue weighted by Gasteiger charge is -2.30. The van der Waals surface area contributed by atoms with E-state index in [2.05, 4.69) is 65.8 Å². The van der Waals surface area contributed by atoms with Gasteiger partial charge in [0.15, 0.2) is 19.5 Å². The highest BCUT2D eigenvalue weighted by molar-refractivity contribution is 6.49. The molecule has 0 radical (unpaired) electrons. The van der Waals surface area contributed by atoms with Gasteiger partial charge in [0.05, 0.1) is 11.2 Å². The highest BCUT2D eigenvalue weighted by Gasteiger charge is 2.23. The summed E-state index contributed by atoms with van der Waals surface area (Å²) >= 11 is 0. The van der Waals surface area contributed by atoms with E-state index < -0.39 is 19.5 Å². The van der Waals surface area contributed by atoms with Crippen LogP contribution in [0.25, 0.3) is 0 Å². The van der Waals surface area contributed by atoms with Crippen LogP contribution in [0.3, 0.4) is 0 Å². The molecular formula is C22H42O2Si2. The highest BCUT2D eigenvalue weighted by Crippen LogP contribution is 2.23. The van der Waals surface area contributed by atoms with Crippen LogP contribution in [0.15, 0.2) is 24.3 Å². The molecule has 150 valence electrons. The van der Waals surface area contributed by atoms with E-state index in [0.717, 1.165) is 0 Å². The van der Waals surface area contributed by atoms with Crippen molar-refractivity contribution in [3.63, 3.8) is 0 Å². The zero-order valence-corrected chi connectivity index (χ0v) is 21.0. The summed E-state index contributed by atoms with van der Waals surface area (Å²) in [5, 5.41) is 2.82. The molecule has 0 amide bonds. The molecule has 1 aromatic rings. The molecule has 0 aliphatic heterocycles. The summed E-state index contributed by atoms with van der Waals surface area (Å²) in [5.74, 6) is 0. The number of rotatable bonds is 14. The van der Waals surface area contributed by atoms with Crippen molar-refractivity contribution in [3.05, 3.63) is 24.3 Å². The van der Waals surface area contributed by atoms with Gasteiger partial charge in [-0.05, 0) is 49.9 Å². The Morgan fingerprint density at radius 1 is 0.615 bits per heavy atom. The first kappa shape index (κ1) is 23.6. The molecule has 0 saturated heterocycles. The van der Waals surface area contributed by atoms with Gasteiger partial charge < -0.3 is 8.85 Å². The molecule has 0 heterocycles. The van der Waals surface area contributed by atoms with Gasteiger partial charge in [-0.1, -0.05) is 77.6 Å². The minimum Gasteiger partial charge on any atom is -0.413 e. The molecule has 0 atom stereocenters. The molecule has 4 heteroatoms. The van der Waals surface area contributed by atoms with E-state index in [9.17, 15) is 0 Å². The molecule has 1 aromatic carbocycles. The van der Waals surface area contributed by atoms with E-state index in [1.54, 1.807) is 0 Å². The van der Waals surface area contributed by atoms with Crippen molar-refractivity contribution < 1.29 is 8.85 Å². The van der Waals surface area contributed by atoms with Crippen molar-refractivity contribution >= 4 is 29.9 Å². The largest absolute Gasteiger partial charge is 0.413 e. The Balaban J connectivity index is 2.57. The monoisotopic (exact) mass is 394 g/mol. The van der Waals surface area contributed by atoms with Gasteiger partial charge in [0.2, 0.25) is 0 Å². The zero-order valence-electron chi connectivity index (χ0n) is 18.2. The second kappa shape index (κ2) is 12.1. The molecule has 2 nitrogen and oxygen atoms in total. The predicted octanol–water partition coefficient (Wildman–Crippen LogP) is 3.86. The molecule has 0 aliphatic carbocycles. The second-order valence-corrected chi connectivity index (χ2v) is 11.1. The Kier molecular flexibility index (Phi) is 11.0. The van der Waals surface area contributed by atoms with Crippen molar-refractivity contribution in [1.82, 2.24) is 0 Å². The summed E-state index contributed by atoms with van der Waals surface area (Å²) in [5.41, 5.74) is 0.156. The minimum atomic E-state index is -0.655. The van der Waals surface area contributed by atoms with Crippen LogP contribution in [-0.2, 0) is 8.85 Å². The van der Waals surface area contributed by atoms with Crippen LogP contribution in [0.4, 0.5) is 0 Å². The van der Waals surface area contributed by atoms with Crippen LogP contribution in [0.5, 0.6) is 0 Å². The van der Waals surface area contributed by atoms with E-state index >= 15 is 0 Å². The molecular weight excluding hydrogens is 352 g/mol. The lowest BCUT2D eigenvalue weighted by atomic mass is 9.95. The van der Waals surface area contributed by atoms with Crippen molar-refractivity contribution in [2.24, 2.45) is 0 Å². The molecule has 0 spiro atoms. The van der Waals surface area contributed by atoms with E-state index in [0.29, 0.717) is 0 Å². The fourth-order valence-corrected chi connectivity index (χ4v) is 6.36. The summed E-state index contributed by atoms with van der Waals surface area (Å²) in [4.78, 5) is 0. The van der Waals surface area contributed by atoms with Crippen LogP contribution in [0, 0.1) is 0 Å². The molecule has 0 bridgehead atoms. The number of benzene rings is 1. The molecule has 26 heavy (non-hydrogen) atoms. The van der Waals surface area contributed by atoms with Gasteiger partial charge >= 0.3 is 0 Å². The zero-order chi connectivity index (χ0) is 19.5. The second-order valence-electron chi connectivity index (χ2n) is 8.29.